The first-order valence-electron chi connectivity index (χ1n) is 10.3. The zero-order chi connectivity index (χ0) is 22.2. The molecular formula is C26H28O3PS+. The Kier molecular flexibility index (Phi) is 7.97. The molecule has 1 N–H and O–H groups in total. The van der Waals surface area contributed by atoms with Gasteiger partial charge in [0.2, 0.25) is 0 Å². The quantitative estimate of drug-likeness (QED) is 0.201. The number of unbranched alkanes of at least 4 members (excludes halogenated alkanes) is 2. The lowest BCUT2D eigenvalue weighted by Gasteiger charge is -2.27. The van der Waals surface area contributed by atoms with Gasteiger partial charge in [-0.1, -0.05) is 60.7 Å². The van der Waals surface area contributed by atoms with Gasteiger partial charge in [0.15, 0.2) is 0 Å². The minimum absolute atomic E-state index is 0.0730. The molecule has 0 aliphatic rings. The lowest BCUT2D eigenvalue weighted by atomic mass is 10.2. The summed E-state index contributed by atoms with van der Waals surface area (Å²) >= 11 is 0. The molecule has 0 spiro atoms. The Balaban J connectivity index is 2.19. The van der Waals surface area contributed by atoms with E-state index in [4.69, 9.17) is 0 Å². The highest BCUT2D eigenvalue weighted by Crippen LogP contribution is 2.55. The van der Waals surface area contributed by atoms with Crippen LogP contribution >= 0.6 is 7.26 Å². The molecular weight excluding hydrogens is 423 g/mol. The van der Waals surface area contributed by atoms with Crippen LogP contribution in [-0.4, -0.2) is 19.1 Å². The second-order valence-corrected chi connectivity index (χ2v) is 12.3. The first-order valence-corrected chi connectivity index (χ1v) is 13.7. The van der Waals surface area contributed by atoms with Crippen molar-refractivity contribution in [2.24, 2.45) is 0 Å². The molecule has 0 amide bonds. The average molecular weight is 452 g/mol. The Bertz CT molecular complexity index is 1080. The van der Waals surface area contributed by atoms with Gasteiger partial charge in [-0.05, 0) is 55.7 Å². The minimum atomic E-state index is -4.30. The maximum Gasteiger partial charge on any atom is 0.294 e. The molecule has 0 bridgehead atoms. The summed E-state index contributed by atoms with van der Waals surface area (Å²) < 4.78 is 33.5. The van der Waals surface area contributed by atoms with Gasteiger partial charge in [-0.15, -0.1) is 6.58 Å². The van der Waals surface area contributed by atoms with Crippen LogP contribution in [0.3, 0.4) is 0 Å². The molecule has 0 atom stereocenters. The van der Waals surface area contributed by atoms with Crippen LogP contribution in [-0.2, 0) is 10.1 Å². The summed E-state index contributed by atoms with van der Waals surface area (Å²) in [6.07, 6.45) is 10.1. The molecule has 31 heavy (non-hydrogen) atoms. The van der Waals surface area contributed by atoms with E-state index in [-0.39, 0.29) is 4.90 Å². The molecule has 0 saturated carbocycles. The zero-order valence-electron chi connectivity index (χ0n) is 17.5. The summed E-state index contributed by atoms with van der Waals surface area (Å²) in [4.78, 5) is -0.0730. The third-order valence-electron chi connectivity index (χ3n) is 5.28. The van der Waals surface area contributed by atoms with Crippen LogP contribution in [0.1, 0.15) is 19.3 Å². The van der Waals surface area contributed by atoms with Crippen molar-refractivity contribution >= 4 is 33.3 Å². The molecule has 0 radical (unpaired) electrons. The fourth-order valence-corrected chi connectivity index (χ4v) is 8.41. The maximum atomic E-state index is 11.9. The van der Waals surface area contributed by atoms with Gasteiger partial charge >= 0.3 is 0 Å². The van der Waals surface area contributed by atoms with Gasteiger partial charge < -0.3 is 0 Å². The lowest BCUT2D eigenvalue weighted by molar-refractivity contribution is 0.483. The number of rotatable bonds is 10. The summed E-state index contributed by atoms with van der Waals surface area (Å²) in [7, 11) is -6.48. The van der Waals surface area contributed by atoms with Gasteiger partial charge in [0.05, 0.1) is 11.1 Å². The van der Waals surface area contributed by atoms with E-state index in [0.717, 1.165) is 30.7 Å². The molecule has 0 aliphatic heterocycles. The SMILES string of the molecule is C=CCCC/C=C/C[P+](c1ccccc1)(c1ccccc1)c1cccc(S(=O)(=O)O)c1. The number of allylic oxidation sites excluding steroid dienone is 3. The smallest absolute Gasteiger partial charge is 0.282 e. The fraction of sp³-hybridized carbons (Fsp3) is 0.154. The minimum Gasteiger partial charge on any atom is -0.282 e. The monoisotopic (exact) mass is 451 g/mol. The van der Waals surface area contributed by atoms with Crippen LogP contribution in [0.25, 0.3) is 0 Å². The van der Waals surface area contributed by atoms with Crippen LogP contribution in [0, 0.1) is 0 Å². The van der Waals surface area contributed by atoms with Crippen LogP contribution < -0.4 is 15.9 Å². The third-order valence-corrected chi connectivity index (χ3v) is 10.4. The molecule has 0 heterocycles. The topological polar surface area (TPSA) is 54.4 Å². The van der Waals surface area contributed by atoms with Crippen LogP contribution in [0.2, 0.25) is 0 Å². The van der Waals surface area contributed by atoms with E-state index in [9.17, 15) is 13.0 Å². The van der Waals surface area contributed by atoms with E-state index in [2.05, 4.69) is 43.0 Å². The molecule has 3 aromatic carbocycles. The highest BCUT2D eigenvalue weighted by atomic mass is 32.2. The van der Waals surface area contributed by atoms with Gasteiger partial charge in [-0.3, -0.25) is 4.55 Å². The molecule has 3 nitrogen and oxygen atoms in total. The van der Waals surface area contributed by atoms with Crippen LogP contribution in [0.15, 0.2) is 115 Å². The molecule has 0 aliphatic carbocycles. The summed E-state index contributed by atoms with van der Waals surface area (Å²) in [5, 5.41) is 3.27. The van der Waals surface area contributed by atoms with Crippen molar-refractivity contribution in [1.82, 2.24) is 0 Å². The van der Waals surface area contributed by atoms with Crippen molar-refractivity contribution in [3.8, 4) is 0 Å². The van der Waals surface area contributed by atoms with E-state index in [0.29, 0.717) is 0 Å². The molecule has 3 rings (SSSR count). The third kappa shape index (κ3) is 5.59. The van der Waals surface area contributed by atoms with E-state index < -0.39 is 17.4 Å². The average Bonchev–Trinajstić information content (AvgIpc) is 2.79. The Labute approximate surface area is 186 Å². The largest absolute Gasteiger partial charge is 0.294 e. The first-order chi connectivity index (χ1) is 15.0. The van der Waals surface area contributed by atoms with Crippen molar-refractivity contribution in [2.75, 3.05) is 6.16 Å². The molecule has 0 fully saturated rings. The normalized spacial score (nSPS) is 12.2. The van der Waals surface area contributed by atoms with E-state index in [1.54, 1.807) is 12.1 Å². The van der Waals surface area contributed by atoms with Crippen molar-refractivity contribution in [1.29, 1.82) is 0 Å². The number of hydrogen-bond acceptors (Lipinski definition) is 2. The summed E-state index contributed by atoms with van der Waals surface area (Å²) in [5.74, 6) is 0. The Morgan fingerprint density at radius 1 is 0.774 bits per heavy atom. The predicted molar refractivity (Wildman–Crippen MR) is 133 cm³/mol. The Hall–Kier alpha value is -2.52. The fourth-order valence-electron chi connectivity index (χ4n) is 3.74. The number of hydrogen-bond donors (Lipinski definition) is 1. The zero-order valence-corrected chi connectivity index (χ0v) is 19.2. The van der Waals surface area contributed by atoms with E-state index in [1.165, 1.54) is 16.7 Å². The van der Waals surface area contributed by atoms with Crippen LogP contribution in [0.4, 0.5) is 0 Å². The molecule has 0 saturated heterocycles. The second kappa shape index (κ2) is 10.7. The second-order valence-electron chi connectivity index (χ2n) is 7.33. The molecule has 160 valence electrons. The van der Waals surface area contributed by atoms with Crippen molar-refractivity contribution in [3.63, 3.8) is 0 Å². The van der Waals surface area contributed by atoms with E-state index in [1.807, 2.05) is 48.5 Å². The Morgan fingerprint density at radius 2 is 1.35 bits per heavy atom. The highest BCUT2D eigenvalue weighted by Gasteiger charge is 2.44. The van der Waals surface area contributed by atoms with Crippen molar-refractivity contribution in [3.05, 3.63) is 110 Å². The standard InChI is InChI=1S/C26H27O3PS/c1-2-3-4-5-6-13-21-30(23-15-9-7-10-16-23,24-17-11-8-12-18-24)25-19-14-20-26(22-25)31(27,28)29/h2,6-20,22H,1,3-5,21H2/p+1/b13-6+. The molecule has 3 aromatic rings. The summed E-state index contributed by atoms with van der Waals surface area (Å²) in [6, 6.07) is 27.3. The lowest BCUT2D eigenvalue weighted by Crippen LogP contribution is -2.33. The number of benzene rings is 3. The molecule has 0 unspecified atom stereocenters. The van der Waals surface area contributed by atoms with Crippen molar-refractivity contribution < 1.29 is 13.0 Å². The van der Waals surface area contributed by atoms with Crippen LogP contribution in [0.5, 0.6) is 0 Å². The molecule has 0 aromatic heterocycles. The van der Waals surface area contributed by atoms with Gasteiger partial charge in [0.25, 0.3) is 10.1 Å². The van der Waals surface area contributed by atoms with Gasteiger partial charge in [0.1, 0.15) is 23.2 Å². The summed E-state index contributed by atoms with van der Waals surface area (Å²) in [6.45, 7) is 3.78. The highest BCUT2D eigenvalue weighted by molar-refractivity contribution is 7.96. The van der Waals surface area contributed by atoms with Crippen molar-refractivity contribution in [2.45, 2.75) is 24.2 Å². The predicted octanol–water partition coefficient (Wildman–Crippen LogP) is 5.14. The van der Waals surface area contributed by atoms with Gasteiger partial charge in [0, 0.05) is 6.07 Å². The first kappa shape index (κ1) is 23.1. The maximum absolute atomic E-state index is 11.9. The van der Waals surface area contributed by atoms with Gasteiger partial charge in [-0.25, -0.2) is 0 Å². The van der Waals surface area contributed by atoms with Gasteiger partial charge in [-0.2, -0.15) is 8.42 Å². The Morgan fingerprint density at radius 3 is 1.90 bits per heavy atom. The molecule has 5 heteroatoms. The summed E-state index contributed by atoms with van der Waals surface area (Å²) in [5.41, 5.74) is 0. The van der Waals surface area contributed by atoms with E-state index >= 15 is 0 Å².